The van der Waals surface area contributed by atoms with Crippen LogP contribution in [0.4, 0.5) is 35.1 Å². The van der Waals surface area contributed by atoms with Gasteiger partial charge < -0.3 is 4.74 Å². The molecule has 1 rings (SSSR count). The van der Waals surface area contributed by atoms with Crippen LogP contribution in [0.25, 0.3) is 0 Å². The minimum Gasteiger partial charge on any atom is -0.402 e. The molecule has 0 unspecified atom stereocenters. The third-order valence-corrected chi connectivity index (χ3v) is 1.70. The Bertz CT molecular complexity index is 438. The zero-order valence-corrected chi connectivity index (χ0v) is 8.16. The second kappa shape index (κ2) is 4.58. The molecule has 0 fully saturated rings. The highest BCUT2D eigenvalue weighted by atomic mass is 19.4. The number of nitrogens with zero attached hydrogens (tertiary/aromatic N) is 1. The van der Waals surface area contributed by atoms with Crippen LogP contribution in [0.2, 0.25) is 0 Å². The molecule has 102 valence electrons. The summed E-state index contributed by atoms with van der Waals surface area (Å²) >= 11 is 0. The standard InChI is InChI=1S/C8H3F8NO/c9-1-3-5(18-8(14,15)16)4(10)2-17-6(3)7(11,12)13/h2H,1H2. The first-order valence-electron chi connectivity index (χ1n) is 4.12. The van der Waals surface area contributed by atoms with E-state index in [1.807, 2.05) is 0 Å². The van der Waals surface area contributed by atoms with Crippen LogP contribution in [0, 0.1) is 5.82 Å². The summed E-state index contributed by atoms with van der Waals surface area (Å²) in [6.45, 7) is -2.01. The van der Waals surface area contributed by atoms with Gasteiger partial charge in [-0.1, -0.05) is 0 Å². The Kier molecular flexibility index (Phi) is 3.67. The van der Waals surface area contributed by atoms with Gasteiger partial charge in [0.05, 0.1) is 11.8 Å². The van der Waals surface area contributed by atoms with Crippen molar-refractivity contribution in [3.05, 3.63) is 23.3 Å². The lowest BCUT2D eigenvalue weighted by Crippen LogP contribution is -2.21. The number of hydrogen-bond donors (Lipinski definition) is 0. The van der Waals surface area contributed by atoms with Gasteiger partial charge in [0, 0.05) is 0 Å². The number of hydrogen-bond acceptors (Lipinski definition) is 2. The molecule has 0 aromatic carbocycles. The molecule has 0 N–H and O–H groups in total. The van der Waals surface area contributed by atoms with E-state index in [2.05, 4.69) is 9.72 Å². The minimum atomic E-state index is -5.45. The number of pyridine rings is 1. The first-order valence-corrected chi connectivity index (χ1v) is 4.12. The fourth-order valence-electron chi connectivity index (χ4n) is 1.10. The second-order valence-electron chi connectivity index (χ2n) is 2.94. The molecule has 18 heavy (non-hydrogen) atoms. The van der Waals surface area contributed by atoms with Crippen LogP contribution in [0.3, 0.4) is 0 Å². The third-order valence-electron chi connectivity index (χ3n) is 1.70. The number of rotatable bonds is 2. The van der Waals surface area contributed by atoms with Crippen molar-refractivity contribution in [1.29, 1.82) is 0 Å². The Morgan fingerprint density at radius 3 is 2.06 bits per heavy atom. The van der Waals surface area contributed by atoms with Crippen LogP contribution < -0.4 is 4.74 Å². The van der Waals surface area contributed by atoms with Crippen LogP contribution in [0.1, 0.15) is 11.3 Å². The van der Waals surface area contributed by atoms with Gasteiger partial charge in [-0.2, -0.15) is 13.2 Å². The highest BCUT2D eigenvalue weighted by Crippen LogP contribution is 2.38. The maximum Gasteiger partial charge on any atom is 0.573 e. The lowest BCUT2D eigenvalue weighted by molar-refractivity contribution is -0.276. The normalized spacial score (nSPS) is 12.7. The van der Waals surface area contributed by atoms with E-state index in [-0.39, 0.29) is 6.20 Å². The average molecular weight is 281 g/mol. The Morgan fingerprint density at radius 1 is 1.11 bits per heavy atom. The van der Waals surface area contributed by atoms with Crippen molar-refractivity contribution in [2.24, 2.45) is 0 Å². The summed E-state index contributed by atoms with van der Waals surface area (Å²) in [5.41, 5.74) is -3.61. The topological polar surface area (TPSA) is 22.1 Å². The van der Waals surface area contributed by atoms with E-state index in [1.165, 1.54) is 0 Å². The van der Waals surface area contributed by atoms with E-state index >= 15 is 0 Å². The molecule has 10 heteroatoms. The molecule has 2 nitrogen and oxygen atoms in total. The third kappa shape index (κ3) is 3.20. The Labute approximate surface area is 94.2 Å². The van der Waals surface area contributed by atoms with Gasteiger partial charge in [-0.15, -0.1) is 13.2 Å². The Morgan fingerprint density at radius 2 is 1.67 bits per heavy atom. The van der Waals surface area contributed by atoms with Crippen LogP contribution in [-0.2, 0) is 12.9 Å². The van der Waals surface area contributed by atoms with Crippen molar-refractivity contribution < 1.29 is 39.9 Å². The van der Waals surface area contributed by atoms with Crippen molar-refractivity contribution in [3.63, 3.8) is 0 Å². The largest absolute Gasteiger partial charge is 0.573 e. The number of alkyl halides is 7. The van der Waals surface area contributed by atoms with Crippen molar-refractivity contribution in [3.8, 4) is 5.75 Å². The molecule has 0 amide bonds. The van der Waals surface area contributed by atoms with E-state index < -0.39 is 42.0 Å². The maximum absolute atomic E-state index is 12.9. The Hall–Kier alpha value is -1.61. The van der Waals surface area contributed by atoms with Crippen LogP contribution in [0.15, 0.2) is 6.20 Å². The lowest BCUT2D eigenvalue weighted by atomic mass is 10.2. The summed E-state index contributed by atoms with van der Waals surface area (Å²) in [5.74, 6) is -3.71. The molecule has 0 aliphatic heterocycles. The quantitative estimate of drug-likeness (QED) is 0.772. The molecule has 0 aliphatic carbocycles. The monoisotopic (exact) mass is 281 g/mol. The summed E-state index contributed by atoms with van der Waals surface area (Å²) in [7, 11) is 0. The van der Waals surface area contributed by atoms with Gasteiger partial charge in [0.15, 0.2) is 17.3 Å². The molecule has 0 bridgehead atoms. The number of halogens is 8. The predicted octanol–water partition coefficient (Wildman–Crippen LogP) is 3.61. The van der Waals surface area contributed by atoms with Crippen molar-refractivity contribution >= 4 is 0 Å². The molecule has 1 aromatic heterocycles. The molecule has 0 saturated carbocycles. The van der Waals surface area contributed by atoms with Crippen LogP contribution in [-0.4, -0.2) is 11.3 Å². The first-order chi connectivity index (χ1) is 8.06. The summed E-state index contributed by atoms with van der Waals surface area (Å²) < 4.78 is 101. The zero-order chi connectivity index (χ0) is 14.1. The van der Waals surface area contributed by atoms with Gasteiger partial charge in [0.25, 0.3) is 0 Å². The molecule has 0 radical (unpaired) electrons. The fraction of sp³-hybridized carbons (Fsp3) is 0.375. The minimum absolute atomic E-state index is 0.122. The molecular formula is C8H3F8NO. The van der Waals surface area contributed by atoms with E-state index in [4.69, 9.17) is 0 Å². The lowest BCUT2D eigenvalue weighted by Gasteiger charge is -2.16. The maximum atomic E-state index is 12.9. The van der Waals surface area contributed by atoms with Crippen molar-refractivity contribution in [2.75, 3.05) is 0 Å². The number of aromatic nitrogens is 1. The summed E-state index contributed by atoms with van der Waals surface area (Å²) in [6.07, 6.45) is -10.8. The second-order valence-corrected chi connectivity index (χ2v) is 2.94. The predicted molar refractivity (Wildman–Crippen MR) is 40.7 cm³/mol. The summed E-state index contributed by atoms with van der Waals surface area (Å²) in [4.78, 5) is 2.52. The van der Waals surface area contributed by atoms with Gasteiger partial charge in [-0.05, 0) is 0 Å². The van der Waals surface area contributed by atoms with Gasteiger partial charge >= 0.3 is 12.5 Å². The molecule has 0 spiro atoms. The fourth-order valence-corrected chi connectivity index (χ4v) is 1.10. The molecule has 0 atom stereocenters. The SMILES string of the molecule is FCc1c(C(F)(F)F)ncc(F)c1OC(F)(F)F. The summed E-state index contributed by atoms with van der Waals surface area (Å²) in [5, 5.41) is 0. The highest BCUT2D eigenvalue weighted by Gasteiger charge is 2.40. The van der Waals surface area contributed by atoms with Gasteiger partial charge in [-0.25, -0.2) is 13.8 Å². The van der Waals surface area contributed by atoms with Crippen LogP contribution in [0.5, 0.6) is 5.75 Å². The van der Waals surface area contributed by atoms with Gasteiger partial charge in [0.1, 0.15) is 6.67 Å². The average Bonchev–Trinajstić information content (AvgIpc) is 2.17. The van der Waals surface area contributed by atoms with E-state index in [0.717, 1.165) is 0 Å². The highest BCUT2D eigenvalue weighted by molar-refractivity contribution is 5.38. The molecule has 1 aromatic rings. The van der Waals surface area contributed by atoms with Crippen LogP contribution >= 0.6 is 0 Å². The van der Waals surface area contributed by atoms with Gasteiger partial charge in [0.2, 0.25) is 0 Å². The van der Waals surface area contributed by atoms with E-state index in [0.29, 0.717) is 0 Å². The van der Waals surface area contributed by atoms with Gasteiger partial charge in [-0.3, -0.25) is 0 Å². The van der Waals surface area contributed by atoms with E-state index in [1.54, 1.807) is 0 Å². The molecule has 0 aliphatic rings. The van der Waals surface area contributed by atoms with E-state index in [9.17, 15) is 35.1 Å². The van der Waals surface area contributed by atoms with Crippen molar-refractivity contribution in [2.45, 2.75) is 19.2 Å². The first kappa shape index (κ1) is 14.5. The van der Waals surface area contributed by atoms with Crippen molar-refractivity contribution in [1.82, 2.24) is 4.98 Å². The smallest absolute Gasteiger partial charge is 0.402 e. The Balaban J connectivity index is 3.40. The zero-order valence-electron chi connectivity index (χ0n) is 8.16. The molecular weight excluding hydrogens is 278 g/mol. The number of ether oxygens (including phenoxy) is 1. The summed E-state index contributed by atoms with van der Waals surface area (Å²) in [6, 6.07) is 0. The molecule has 0 saturated heterocycles. The molecule has 1 heterocycles.